The van der Waals surface area contributed by atoms with Crippen molar-refractivity contribution in [1.29, 1.82) is 0 Å². The van der Waals surface area contributed by atoms with E-state index in [2.05, 4.69) is 35.4 Å². The Morgan fingerprint density at radius 1 is 1.00 bits per heavy atom. The molecule has 0 radical (unpaired) electrons. The van der Waals surface area contributed by atoms with E-state index in [1.54, 1.807) is 16.4 Å². The summed E-state index contributed by atoms with van der Waals surface area (Å²) in [6, 6.07) is 10.3. The number of hydrogen-bond acceptors (Lipinski definition) is 4. The number of aryl methyl sites for hydroxylation is 2. The van der Waals surface area contributed by atoms with Crippen molar-refractivity contribution < 1.29 is 8.42 Å². The van der Waals surface area contributed by atoms with Gasteiger partial charge in [-0.2, -0.15) is 4.31 Å². The monoisotopic (exact) mass is 385 g/mol. The van der Waals surface area contributed by atoms with Crippen LogP contribution in [0.15, 0.2) is 41.4 Å². The predicted octanol–water partition coefficient (Wildman–Crippen LogP) is 3.92. The van der Waals surface area contributed by atoms with E-state index in [0.717, 1.165) is 19.3 Å². The van der Waals surface area contributed by atoms with Crippen molar-refractivity contribution in [2.45, 2.75) is 56.4 Å². The van der Waals surface area contributed by atoms with E-state index in [0.29, 0.717) is 18.9 Å². The van der Waals surface area contributed by atoms with Crippen molar-refractivity contribution in [1.82, 2.24) is 9.29 Å². The highest BCUT2D eigenvalue weighted by Crippen LogP contribution is 2.27. The van der Waals surface area contributed by atoms with Crippen LogP contribution in [0.3, 0.4) is 0 Å². The summed E-state index contributed by atoms with van der Waals surface area (Å²) in [5.41, 5.74) is 4.19. The van der Waals surface area contributed by atoms with E-state index in [9.17, 15) is 8.42 Å². The van der Waals surface area contributed by atoms with Crippen LogP contribution in [-0.2, 0) is 22.9 Å². The molecule has 0 spiro atoms. The highest BCUT2D eigenvalue weighted by Gasteiger charge is 2.27. The summed E-state index contributed by atoms with van der Waals surface area (Å²) in [4.78, 5) is 4.63. The normalized spacial score (nSPS) is 18.9. The fraction of sp³-hybridized carbons (Fsp3) is 0.476. The summed E-state index contributed by atoms with van der Waals surface area (Å²) >= 11 is 0. The molecule has 0 amide bonds. The lowest BCUT2D eigenvalue weighted by molar-refractivity contribution is 0.477. The third-order valence-corrected chi connectivity index (χ3v) is 7.56. The van der Waals surface area contributed by atoms with Gasteiger partial charge in [0.2, 0.25) is 10.0 Å². The lowest BCUT2D eigenvalue weighted by atomic mass is 9.89. The third-order valence-electron chi connectivity index (χ3n) is 5.68. The summed E-state index contributed by atoms with van der Waals surface area (Å²) in [6.45, 7) is 3.33. The molecule has 1 atom stereocenters. The predicted molar refractivity (Wildman–Crippen MR) is 107 cm³/mol. The zero-order chi connectivity index (χ0) is 18.9. The minimum absolute atomic E-state index is 0.116. The molecule has 2 heterocycles. The maximum atomic E-state index is 12.6. The highest BCUT2D eigenvalue weighted by atomic mass is 32.2. The van der Waals surface area contributed by atoms with E-state index in [-0.39, 0.29) is 10.9 Å². The minimum atomic E-state index is -3.40. The molecular weight excluding hydrogens is 358 g/mol. The SMILES string of the molecule is CC(Nc1ccc(S(=O)(=O)N2CCCC2)cn1)c1ccc2c(c1)CCCC2. The van der Waals surface area contributed by atoms with E-state index in [1.807, 2.05) is 0 Å². The number of aromatic nitrogens is 1. The van der Waals surface area contributed by atoms with Crippen LogP contribution in [0, 0.1) is 0 Å². The van der Waals surface area contributed by atoms with Gasteiger partial charge in [0, 0.05) is 25.3 Å². The summed E-state index contributed by atoms with van der Waals surface area (Å²) in [5, 5.41) is 3.39. The molecule has 1 N–H and O–H groups in total. The van der Waals surface area contributed by atoms with Gasteiger partial charge in [0.15, 0.2) is 0 Å². The largest absolute Gasteiger partial charge is 0.364 e. The molecule has 27 heavy (non-hydrogen) atoms. The van der Waals surface area contributed by atoms with Crippen molar-refractivity contribution in [3.05, 3.63) is 53.2 Å². The number of pyridine rings is 1. The summed E-state index contributed by atoms with van der Waals surface area (Å²) in [5.74, 6) is 0.695. The van der Waals surface area contributed by atoms with Crippen molar-refractivity contribution in [3.8, 4) is 0 Å². The van der Waals surface area contributed by atoms with Gasteiger partial charge in [0.25, 0.3) is 0 Å². The van der Waals surface area contributed by atoms with Crippen LogP contribution >= 0.6 is 0 Å². The number of rotatable bonds is 5. The van der Waals surface area contributed by atoms with Crippen LogP contribution in [0.25, 0.3) is 0 Å². The number of anilines is 1. The van der Waals surface area contributed by atoms with Crippen molar-refractivity contribution in [2.24, 2.45) is 0 Å². The molecular formula is C21H27N3O2S. The standard InChI is InChI=1S/C21H27N3O2S/c1-16(18-9-8-17-6-2-3-7-19(17)14-18)23-21-11-10-20(15-22-21)27(25,26)24-12-4-5-13-24/h8-11,14-16H,2-7,12-13H2,1H3,(H,22,23). The van der Waals surface area contributed by atoms with Crippen LogP contribution in [0.5, 0.6) is 0 Å². The van der Waals surface area contributed by atoms with Crippen molar-refractivity contribution >= 4 is 15.8 Å². The van der Waals surface area contributed by atoms with E-state index in [1.165, 1.54) is 42.1 Å². The average molecular weight is 386 g/mol. The Morgan fingerprint density at radius 2 is 1.74 bits per heavy atom. The second-order valence-corrected chi connectivity index (χ2v) is 9.53. The van der Waals surface area contributed by atoms with Gasteiger partial charge in [0.1, 0.15) is 10.7 Å². The van der Waals surface area contributed by atoms with Gasteiger partial charge in [-0.15, -0.1) is 0 Å². The zero-order valence-corrected chi connectivity index (χ0v) is 16.6. The molecule has 1 aliphatic heterocycles. The number of nitrogens with zero attached hydrogens (tertiary/aromatic N) is 2. The van der Waals surface area contributed by atoms with Gasteiger partial charge in [0.05, 0.1) is 0 Å². The van der Waals surface area contributed by atoms with Gasteiger partial charge in [-0.25, -0.2) is 13.4 Å². The van der Waals surface area contributed by atoms with Crippen LogP contribution in [-0.4, -0.2) is 30.8 Å². The molecule has 5 nitrogen and oxygen atoms in total. The maximum absolute atomic E-state index is 12.6. The maximum Gasteiger partial charge on any atom is 0.244 e. The minimum Gasteiger partial charge on any atom is -0.364 e. The molecule has 0 bridgehead atoms. The highest BCUT2D eigenvalue weighted by molar-refractivity contribution is 7.89. The number of fused-ring (bicyclic) bond motifs is 1. The van der Waals surface area contributed by atoms with Gasteiger partial charge in [-0.05, 0) is 74.3 Å². The summed E-state index contributed by atoms with van der Waals surface area (Å²) < 4.78 is 26.7. The molecule has 1 aromatic heterocycles. The number of sulfonamides is 1. The zero-order valence-electron chi connectivity index (χ0n) is 15.8. The second kappa shape index (κ2) is 7.60. The molecule has 0 saturated carbocycles. The molecule has 1 fully saturated rings. The first kappa shape index (κ1) is 18.4. The van der Waals surface area contributed by atoms with Crippen LogP contribution in [0.2, 0.25) is 0 Å². The van der Waals surface area contributed by atoms with E-state index >= 15 is 0 Å². The van der Waals surface area contributed by atoms with Crippen molar-refractivity contribution in [2.75, 3.05) is 18.4 Å². The van der Waals surface area contributed by atoms with Crippen LogP contribution in [0.4, 0.5) is 5.82 Å². The van der Waals surface area contributed by atoms with Crippen molar-refractivity contribution in [3.63, 3.8) is 0 Å². The molecule has 6 heteroatoms. The Bertz CT molecular complexity index is 904. The molecule has 1 unspecified atom stereocenters. The van der Waals surface area contributed by atoms with Gasteiger partial charge >= 0.3 is 0 Å². The van der Waals surface area contributed by atoms with Gasteiger partial charge in [-0.1, -0.05) is 18.2 Å². The molecule has 4 rings (SSSR count). The third kappa shape index (κ3) is 3.87. The first-order valence-corrected chi connectivity index (χ1v) is 11.3. The Labute approximate surface area is 161 Å². The number of nitrogens with one attached hydrogen (secondary N) is 1. The molecule has 1 aliphatic carbocycles. The Morgan fingerprint density at radius 3 is 2.44 bits per heavy atom. The second-order valence-electron chi connectivity index (χ2n) is 7.59. The van der Waals surface area contributed by atoms with Crippen LogP contribution in [0.1, 0.15) is 55.3 Å². The number of benzene rings is 1. The molecule has 144 valence electrons. The Balaban J connectivity index is 1.46. The van der Waals surface area contributed by atoms with Gasteiger partial charge in [-0.3, -0.25) is 0 Å². The smallest absolute Gasteiger partial charge is 0.244 e. The first-order chi connectivity index (χ1) is 13.0. The molecule has 1 saturated heterocycles. The molecule has 1 aromatic carbocycles. The van der Waals surface area contributed by atoms with Gasteiger partial charge < -0.3 is 5.32 Å². The quantitative estimate of drug-likeness (QED) is 0.847. The summed E-state index contributed by atoms with van der Waals surface area (Å²) in [6.07, 6.45) is 8.25. The lowest BCUT2D eigenvalue weighted by Gasteiger charge is -2.20. The molecule has 2 aliphatic rings. The Hall–Kier alpha value is -1.92. The molecule has 2 aromatic rings. The van der Waals surface area contributed by atoms with E-state index < -0.39 is 10.0 Å². The summed E-state index contributed by atoms with van der Waals surface area (Å²) in [7, 11) is -3.40. The van der Waals surface area contributed by atoms with Crippen LogP contribution < -0.4 is 5.32 Å². The van der Waals surface area contributed by atoms with E-state index in [4.69, 9.17) is 0 Å². The fourth-order valence-electron chi connectivity index (χ4n) is 4.02. The lowest BCUT2D eigenvalue weighted by Crippen LogP contribution is -2.27. The topological polar surface area (TPSA) is 62.3 Å². The number of hydrogen-bond donors (Lipinski definition) is 1. The average Bonchev–Trinajstić information content (AvgIpc) is 3.24. The fourth-order valence-corrected chi connectivity index (χ4v) is 5.49. The Kier molecular flexibility index (Phi) is 5.19. The first-order valence-electron chi connectivity index (χ1n) is 9.88.